The van der Waals surface area contributed by atoms with E-state index in [2.05, 4.69) is 0 Å². The van der Waals surface area contributed by atoms with E-state index >= 15 is 0 Å². The van der Waals surface area contributed by atoms with Crippen LogP contribution in [0.4, 0.5) is 0 Å². The molecule has 0 radical (unpaired) electrons. The van der Waals surface area contributed by atoms with E-state index in [1.54, 1.807) is 0 Å². The molecule has 0 amide bonds. The van der Waals surface area contributed by atoms with Crippen molar-refractivity contribution in [2.75, 3.05) is 0 Å². The fourth-order valence-electron chi connectivity index (χ4n) is 6.01. The molecule has 0 spiro atoms. The van der Waals surface area contributed by atoms with Crippen molar-refractivity contribution in [1.29, 1.82) is 0 Å². The maximum atomic E-state index is 13.0. The first-order valence-corrected chi connectivity index (χ1v) is 16.3. The molecule has 2 saturated heterocycles. The van der Waals surface area contributed by atoms with Crippen LogP contribution in [-0.4, -0.2) is 156 Å². The Labute approximate surface area is 280 Å². The Hall–Kier alpha value is -2.34. The third-order valence-corrected chi connectivity index (χ3v) is 11.7. The Kier molecular flexibility index (Phi) is 11.7. The monoisotopic (exact) mass is 726 g/mol. The molecule has 2 aliphatic rings. The second-order valence-corrected chi connectivity index (χ2v) is 14.3. The van der Waals surface area contributed by atoms with E-state index in [1.165, 1.54) is 0 Å². The largest absolute Gasteiger partial charge is 0.386 e. The molecule has 0 aromatic heterocycles. The van der Waals surface area contributed by atoms with Crippen LogP contribution in [-0.2, 0) is 47.8 Å². The van der Waals surface area contributed by atoms with Gasteiger partial charge in [0.05, 0.1) is 0 Å². The van der Waals surface area contributed by atoms with Gasteiger partial charge < -0.3 is 50.3 Å². The quantitative estimate of drug-likeness (QED) is 0.0831. The molecule has 0 bridgehead atoms. The summed E-state index contributed by atoms with van der Waals surface area (Å²) >= 11 is 0. The van der Waals surface area contributed by atoms with Gasteiger partial charge in [-0.15, -0.1) is 0 Å². The zero-order chi connectivity index (χ0) is 37.9. The maximum Gasteiger partial charge on any atom is 0.201 e. The van der Waals surface area contributed by atoms with Crippen LogP contribution in [0.25, 0.3) is 0 Å². The van der Waals surface area contributed by atoms with Crippen molar-refractivity contribution in [2.45, 2.75) is 124 Å². The van der Waals surface area contributed by atoms with Gasteiger partial charge in [-0.3, -0.25) is 38.4 Å². The third-order valence-electron chi connectivity index (χ3n) is 8.90. The summed E-state index contributed by atoms with van der Waals surface area (Å²) in [4.78, 5) is 104. The highest BCUT2D eigenvalue weighted by Gasteiger charge is 2.81. The second kappa shape index (κ2) is 13.4. The molecule has 2 aliphatic heterocycles. The maximum absolute atomic E-state index is 13.0. The first-order chi connectivity index (χ1) is 21.6. The van der Waals surface area contributed by atoms with Crippen LogP contribution in [0, 0.1) is 0 Å². The lowest BCUT2D eigenvalue weighted by molar-refractivity contribution is -0.298. The first-order valence-electron chi connectivity index (χ1n) is 14.0. The molecule has 2 heterocycles. The third kappa shape index (κ3) is 5.28. The molecule has 270 valence electrons. The summed E-state index contributed by atoms with van der Waals surface area (Å²) in [6, 6.07) is 0. The average molecular weight is 727 g/mol. The van der Waals surface area contributed by atoms with Crippen molar-refractivity contribution in [2.24, 2.45) is 0 Å². The van der Waals surface area contributed by atoms with Crippen LogP contribution < -0.4 is 0 Å². The van der Waals surface area contributed by atoms with Gasteiger partial charge in [0.15, 0.2) is 91.8 Å². The minimum absolute atomic E-state index is 0.0778. The molecule has 0 saturated carbocycles. The van der Waals surface area contributed by atoms with Gasteiger partial charge in [0, 0.05) is 0 Å². The standard InChI is InChI=1S/C28H38O18S2/c1-9(29)17(37)19-23(39,11(3)31)27(43,15(7)35)25(41,13(5)33)21(45-19)47-48-22-26(42,14(6)34)28(44,16(8)36)24(40,12(4)32)20(46-22)18(38)10(2)30/h9-10,19-22,29-30,39-44H,1-8H3/t9?,10?,19-,20-,21+,22+,23-,24-,25+,26+,27+,28+/m1/s1. The highest BCUT2D eigenvalue weighted by atomic mass is 33.1. The molecule has 48 heavy (non-hydrogen) atoms. The van der Waals surface area contributed by atoms with E-state index in [1.807, 2.05) is 0 Å². The van der Waals surface area contributed by atoms with Gasteiger partial charge in [0.1, 0.15) is 12.2 Å². The fourth-order valence-corrected chi connectivity index (χ4v) is 9.19. The van der Waals surface area contributed by atoms with E-state index in [0.29, 0.717) is 41.5 Å². The van der Waals surface area contributed by atoms with Gasteiger partial charge in [-0.25, -0.2) is 0 Å². The number of rotatable bonds is 13. The van der Waals surface area contributed by atoms with Crippen LogP contribution in [0.2, 0.25) is 0 Å². The number of aliphatic hydroxyl groups is 8. The molecular weight excluding hydrogens is 688 g/mol. The van der Waals surface area contributed by atoms with E-state index in [-0.39, 0.29) is 21.6 Å². The molecule has 2 fully saturated rings. The molecule has 2 rings (SSSR count). The molecule has 12 atom stereocenters. The SMILES string of the molecule is CC(=O)[C@]1(O)[C@@](O)(C(C)=O)[C@@H](C(=O)C(C)O)O[C@@H](SS[C@@H]2O[C@H](C(=O)C(C)O)[C@](O)(C(C)=O)[C@@](O)(C(C)=O)[C@]2(O)C(C)=O)[C@@]1(O)C(C)=O. The van der Waals surface area contributed by atoms with Crippen molar-refractivity contribution in [3.05, 3.63) is 0 Å². The van der Waals surface area contributed by atoms with Crippen LogP contribution >= 0.6 is 21.6 Å². The summed E-state index contributed by atoms with van der Waals surface area (Å²) in [7, 11) is -0.156. The fraction of sp³-hybridized carbons (Fsp3) is 0.714. The summed E-state index contributed by atoms with van der Waals surface area (Å²) in [5.41, 5.74) is -27.7. The Morgan fingerprint density at radius 1 is 0.479 bits per heavy atom. The number of aliphatic hydroxyl groups excluding tert-OH is 2. The highest BCUT2D eigenvalue weighted by Crippen LogP contribution is 2.56. The van der Waals surface area contributed by atoms with Crippen molar-refractivity contribution in [3.8, 4) is 0 Å². The lowest BCUT2D eigenvalue weighted by Gasteiger charge is -2.58. The predicted octanol–water partition coefficient (Wildman–Crippen LogP) is -4.36. The van der Waals surface area contributed by atoms with Crippen molar-refractivity contribution in [1.82, 2.24) is 0 Å². The minimum atomic E-state index is -3.91. The Bertz CT molecular complexity index is 1340. The van der Waals surface area contributed by atoms with Gasteiger partial charge in [-0.2, -0.15) is 0 Å². The highest BCUT2D eigenvalue weighted by molar-refractivity contribution is 8.77. The van der Waals surface area contributed by atoms with Crippen LogP contribution in [0.3, 0.4) is 0 Å². The summed E-state index contributed by atoms with van der Waals surface area (Å²) in [6.07, 6.45) is -9.51. The topological polar surface area (TPSA) is 317 Å². The van der Waals surface area contributed by atoms with Crippen molar-refractivity contribution < 1.29 is 88.7 Å². The smallest absolute Gasteiger partial charge is 0.201 e. The number of Topliss-reactive ketones (excluding diaryl/α,β-unsaturated/α-hetero) is 8. The lowest BCUT2D eigenvalue weighted by atomic mass is 9.60. The van der Waals surface area contributed by atoms with Crippen molar-refractivity contribution in [3.63, 3.8) is 0 Å². The molecule has 0 aromatic rings. The first kappa shape index (κ1) is 41.8. The Morgan fingerprint density at radius 2 is 0.708 bits per heavy atom. The van der Waals surface area contributed by atoms with Crippen LogP contribution in [0.15, 0.2) is 0 Å². The van der Waals surface area contributed by atoms with E-state index < -0.39 is 115 Å². The molecule has 2 unspecified atom stereocenters. The van der Waals surface area contributed by atoms with Crippen LogP contribution in [0.5, 0.6) is 0 Å². The molecule has 18 nitrogen and oxygen atoms in total. The van der Waals surface area contributed by atoms with E-state index in [9.17, 15) is 79.2 Å². The van der Waals surface area contributed by atoms with E-state index in [0.717, 1.165) is 13.8 Å². The van der Waals surface area contributed by atoms with Crippen LogP contribution in [0.1, 0.15) is 55.4 Å². The second-order valence-electron chi connectivity index (χ2n) is 11.9. The van der Waals surface area contributed by atoms with E-state index in [4.69, 9.17) is 9.47 Å². The van der Waals surface area contributed by atoms with Gasteiger partial charge in [-0.1, -0.05) is 21.6 Å². The molecular formula is C28H38O18S2. The Balaban J connectivity index is 2.94. The van der Waals surface area contributed by atoms with Crippen molar-refractivity contribution >= 4 is 67.9 Å². The number of ketones is 8. The summed E-state index contributed by atoms with van der Waals surface area (Å²) in [5, 5.41) is 89.8. The van der Waals surface area contributed by atoms with Gasteiger partial charge >= 0.3 is 0 Å². The number of hydrogen-bond acceptors (Lipinski definition) is 20. The summed E-state index contributed by atoms with van der Waals surface area (Å²) in [6.45, 7) is 5.07. The molecule has 0 aromatic carbocycles. The summed E-state index contributed by atoms with van der Waals surface area (Å²) in [5.74, 6) is -12.7. The predicted molar refractivity (Wildman–Crippen MR) is 160 cm³/mol. The Morgan fingerprint density at radius 3 is 0.875 bits per heavy atom. The molecule has 20 heteroatoms. The zero-order valence-corrected chi connectivity index (χ0v) is 28.6. The zero-order valence-electron chi connectivity index (χ0n) is 26.9. The van der Waals surface area contributed by atoms with Gasteiger partial charge in [-0.05, 0) is 55.4 Å². The molecule has 0 aliphatic carbocycles. The number of carbonyl (C=O) groups is 8. The molecule has 8 N–H and O–H groups in total. The average Bonchev–Trinajstić information content (AvgIpc) is 2.97. The van der Waals surface area contributed by atoms with Gasteiger partial charge in [0.25, 0.3) is 0 Å². The number of carbonyl (C=O) groups excluding carboxylic acids is 8. The minimum Gasteiger partial charge on any atom is -0.386 e. The summed E-state index contributed by atoms with van der Waals surface area (Å²) < 4.78 is 10.9. The number of ether oxygens (including phenoxy) is 2. The lowest BCUT2D eigenvalue weighted by Crippen LogP contribution is -2.87. The normalized spacial score (nSPS) is 41.1. The number of hydrogen-bond donors (Lipinski definition) is 8. The van der Waals surface area contributed by atoms with Gasteiger partial charge in [0.2, 0.25) is 11.2 Å².